The molecule has 0 saturated carbocycles. The van der Waals surface area contributed by atoms with Crippen LogP contribution in [0, 0.1) is 11.3 Å². The van der Waals surface area contributed by atoms with Crippen molar-refractivity contribution in [2.45, 2.75) is 46.3 Å². The van der Waals surface area contributed by atoms with Gasteiger partial charge in [-0.1, -0.05) is 34.6 Å². The van der Waals surface area contributed by atoms with Gasteiger partial charge in [0, 0.05) is 32.2 Å². The molecule has 0 bridgehead atoms. The molecule has 2 heterocycles. The number of hydrogen-bond acceptors (Lipinski definition) is 3. The van der Waals surface area contributed by atoms with Gasteiger partial charge in [-0.05, 0) is 18.4 Å². The molecule has 2 aliphatic rings. The van der Waals surface area contributed by atoms with E-state index in [9.17, 15) is 0 Å². The normalized spacial score (nSPS) is 35.8. The molecule has 0 aromatic carbocycles. The van der Waals surface area contributed by atoms with E-state index in [0.29, 0.717) is 12.0 Å². The Morgan fingerprint density at radius 2 is 1.89 bits per heavy atom. The lowest BCUT2D eigenvalue weighted by molar-refractivity contribution is -0.213. The van der Waals surface area contributed by atoms with Gasteiger partial charge in [0.2, 0.25) is 0 Å². The Morgan fingerprint density at radius 1 is 1.22 bits per heavy atom. The van der Waals surface area contributed by atoms with Gasteiger partial charge in [0.05, 0.1) is 12.2 Å². The topological polar surface area (TPSA) is 15.7 Å². The average molecular weight is 254 g/mol. The first-order chi connectivity index (χ1) is 8.26. The van der Waals surface area contributed by atoms with Crippen molar-refractivity contribution in [2.24, 2.45) is 11.3 Å². The molecular weight excluding hydrogens is 224 g/mol. The zero-order valence-corrected chi connectivity index (χ0v) is 13.0. The first-order valence-electron chi connectivity index (χ1n) is 7.33. The number of rotatable bonds is 1. The number of ether oxygens (including phenoxy) is 1. The molecule has 18 heavy (non-hydrogen) atoms. The quantitative estimate of drug-likeness (QED) is 0.712. The number of likely N-dealkylation sites (N-methyl/N-ethyl adjacent to an activating group) is 1. The second-order valence-electron chi connectivity index (χ2n) is 7.49. The molecule has 0 radical (unpaired) electrons. The molecule has 2 unspecified atom stereocenters. The summed E-state index contributed by atoms with van der Waals surface area (Å²) in [5.41, 5.74) is 0.189. The van der Waals surface area contributed by atoms with Crippen LogP contribution in [0.4, 0.5) is 0 Å². The Labute approximate surface area is 112 Å². The highest BCUT2D eigenvalue weighted by atomic mass is 16.5. The Balaban J connectivity index is 2.17. The summed E-state index contributed by atoms with van der Waals surface area (Å²) in [7, 11) is 2.21. The molecular formula is C15H30N2O. The van der Waals surface area contributed by atoms with Crippen molar-refractivity contribution in [3.05, 3.63) is 0 Å². The highest BCUT2D eigenvalue weighted by Gasteiger charge is 2.51. The van der Waals surface area contributed by atoms with Crippen LogP contribution in [-0.2, 0) is 4.74 Å². The minimum Gasteiger partial charge on any atom is -0.371 e. The first-order valence-corrected chi connectivity index (χ1v) is 7.33. The molecule has 2 atom stereocenters. The highest BCUT2D eigenvalue weighted by molar-refractivity contribution is 5.02. The summed E-state index contributed by atoms with van der Waals surface area (Å²) >= 11 is 0. The standard InChI is InChI=1S/C15H30N2O/c1-12(2)15(14(3,4)5)11-17-8-7-16(6)9-13(17)10-18-15/h12-13H,7-11H2,1-6H3. The molecule has 2 aliphatic heterocycles. The van der Waals surface area contributed by atoms with Crippen molar-refractivity contribution in [3.63, 3.8) is 0 Å². The lowest BCUT2D eigenvalue weighted by Gasteiger charge is -2.57. The van der Waals surface area contributed by atoms with Crippen molar-refractivity contribution in [2.75, 3.05) is 39.8 Å². The summed E-state index contributed by atoms with van der Waals surface area (Å²) in [6.07, 6.45) is 0. The Morgan fingerprint density at radius 3 is 2.44 bits per heavy atom. The van der Waals surface area contributed by atoms with Crippen LogP contribution in [0.3, 0.4) is 0 Å². The zero-order valence-electron chi connectivity index (χ0n) is 13.0. The zero-order chi connectivity index (χ0) is 13.6. The molecule has 0 spiro atoms. The second kappa shape index (κ2) is 4.77. The SMILES string of the molecule is CC(C)C1(C(C)(C)C)CN2CCN(C)CC2CO1. The summed E-state index contributed by atoms with van der Waals surface area (Å²) in [6.45, 7) is 17.1. The van der Waals surface area contributed by atoms with Gasteiger partial charge in [-0.15, -0.1) is 0 Å². The summed E-state index contributed by atoms with van der Waals surface area (Å²) in [5, 5.41) is 0. The van der Waals surface area contributed by atoms with Gasteiger partial charge in [-0.2, -0.15) is 0 Å². The molecule has 2 saturated heterocycles. The van der Waals surface area contributed by atoms with Crippen molar-refractivity contribution >= 4 is 0 Å². The Bertz CT molecular complexity index is 297. The maximum Gasteiger partial charge on any atom is 0.0880 e. The van der Waals surface area contributed by atoms with Crippen LogP contribution in [0.1, 0.15) is 34.6 Å². The second-order valence-corrected chi connectivity index (χ2v) is 7.49. The maximum atomic E-state index is 6.44. The van der Waals surface area contributed by atoms with Crippen LogP contribution < -0.4 is 0 Å². The lowest BCUT2D eigenvalue weighted by Crippen LogP contribution is -2.68. The largest absolute Gasteiger partial charge is 0.371 e. The van der Waals surface area contributed by atoms with Gasteiger partial charge in [-0.3, -0.25) is 4.90 Å². The van der Waals surface area contributed by atoms with Crippen LogP contribution in [0.15, 0.2) is 0 Å². The van der Waals surface area contributed by atoms with E-state index in [4.69, 9.17) is 4.74 Å². The number of hydrogen-bond donors (Lipinski definition) is 0. The van der Waals surface area contributed by atoms with Gasteiger partial charge in [-0.25, -0.2) is 0 Å². The Hall–Kier alpha value is -0.120. The van der Waals surface area contributed by atoms with Gasteiger partial charge in [0.15, 0.2) is 0 Å². The van der Waals surface area contributed by atoms with Gasteiger partial charge < -0.3 is 9.64 Å². The van der Waals surface area contributed by atoms with E-state index in [0.717, 1.165) is 19.7 Å². The summed E-state index contributed by atoms with van der Waals surface area (Å²) < 4.78 is 6.44. The summed E-state index contributed by atoms with van der Waals surface area (Å²) in [5.74, 6) is 0.554. The van der Waals surface area contributed by atoms with Gasteiger partial charge in [0.1, 0.15) is 0 Å². The Kier molecular flexibility index (Phi) is 3.79. The van der Waals surface area contributed by atoms with Crippen LogP contribution in [0.2, 0.25) is 0 Å². The predicted molar refractivity (Wildman–Crippen MR) is 75.8 cm³/mol. The van der Waals surface area contributed by atoms with E-state index < -0.39 is 0 Å². The third-order valence-corrected chi connectivity index (χ3v) is 4.98. The molecule has 0 aromatic heterocycles. The van der Waals surface area contributed by atoms with Crippen LogP contribution in [0.25, 0.3) is 0 Å². The minimum atomic E-state index is -0.000584. The monoisotopic (exact) mass is 254 g/mol. The van der Waals surface area contributed by atoms with Crippen molar-refractivity contribution in [3.8, 4) is 0 Å². The fraction of sp³-hybridized carbons (Fsp3) is 1.00. The molecule has 0 N–H and O–H groups in total. The predicted octanol–water partition coefficient (Wildman–Crippen LogP) is 2.07. The van der Waals surface area contributed by atoms with Crippen LogP contribution in [0.5, 0.6) is 0 Å². The van der Waals surface area contributed by atoms with E-state index in [1.807, 2.05) is 0 Å². The van der Waals surface area contributed by atoms with E-state index in [1.54, 1.807) is 0 Å². The fourth-order valence-corrected chi connectivity index (χ4v) is 3.68. The molecule has 2 rings (SSSR count). The van der Waals surface area contributed by atoms with Gasteiger partial charge in [0.25, 0.3) is 0 Å². The molecule has 3 nitrogen and oxygen atoms in total. The van der Waals surface area contributed by atoms with E-state index in [1.165, 1.54) is 13.1 Å². The van der Waals surface area contributed by atoms with E-state index in [2.05, 4.69) is 51.5 Å². The number of nitrogens with zero attached hydrogens (tertiary/aromatic N) is 2. The van der Waals surface area contributed by atoms with Crippen LogP contribution in [-0.4, -0.2) is 61.3 Å². The van der Waals surface area contributed by atoms with Crippen molar-refractivity contribution < 1.29 is 4.74 Å². The third kappa shape index (κ3) is 2.33. The molecule has 0 aliphatic carbocycles. The van der Waals surface area contributed by atoms with E-state index in [-0.39, 0.29) is 11.0 Å². The first kappa shape index (κ1) is 14.3. The molecule has 106 valence electrons. The third-order valence-electron chi connectivity index (χ3n) is 4.98. The molecule has 2 fully saturated rings. The average Bonchev–Trinajstić information content (AvgIpc) is 2.26. The fourth-order valence-electron chi connectivity index (χ4n) is 3.68. The van der Waals surface area contributed by atoms with Crippen LogP contribution >= 0.6 is 0 Å². The lowest BCUT2D eigenvalue weighted by atomic mass is 9.68. The summed E-state index contributed by atoms with van der Waals surface area (Å²) in [4.78, 5) is 5.08. The van der Waals surface area contributed by atoms with Crippen molar-refractivity contribution in [1.29, 1.82) is 0 Å². The van der Waals surface area contributed by atoms with Crippen molar-refractivity contribution in [1.82, 2.24) is 9.80 Å². The number of fused-ring (bicyclic) bond motifs is 1. The molecule has 0 amide bonds. The molecule has 0 aromatic rings. The minimum absolute atomic E-state index is 0.000584. The van der Waals surface area contributed by atoms with Gasteiger partial charge >= 0.3 is 0 Å². The smallest absolute Gasteiger partial charge is 0.0880 e. The van der Waals surface area contributed by atoms with E-state index >= 15 is 0 Å². The highest BCUT2D eigenvalue weighted by Crippen LogP contribution is 2.43. The summed E-state index contributed by atoms with van der Waals surface area (Å²) in [6, 6.07) is 0.595. The number of piperazine rings is 1. The maximum absolute atomic E-state index is 6.44. The number of morpholine rings is 1. The molecule has 3 heteroatoms.